The average molecular weight is 515 g/mol. The van der Waals surface area contributed by atoms with Gasteiger partial charge in [-0.1, -0.05) is 51.4 Å². The van der Waals surface area contributed by atoms with Crippen LogP contribution in [0, 0.1) is 5.92 Å². The molecule has 1 aliphatic heterocycles. The van der Waals surface area contributed by atoms with E-state index in [1.54, 1.807) is 0 Å². The van der Waals surface area contributed by atoms with Crippen molar-refractivity contribution in [3.63, 3.8) is 0 Å². The Morgan fingerprint density at radius 1 is 1.19 bits per heavy atom. The van der Waals surface area contributed by atoms with Gasteiger partial charge in [0.1, 0.15) is 0 Å². The first-order chi connectivity index (χ1) is 15.7. The Balaban J connectivity index is 1.20. The number of halogens is 1. The zero-order valence-electron chi connectivity index (χ0n) is 17.9. The van der Waals surface area contributed by atoms with Crippen molar-refractivity contribution in [2.75, 3.05) is 25.4 Å². The second-order valence-corrected chi connectivity index (χ2v) is 9.94. The molecular weight excluding hydrogens is 488 g/mol. The average Bonchev–Trinajstić information content (AvgIpc) is 3.28. The molecule has 4 rings (SSSR count). The number of hydrogen-bond donors (Lipinski definition) is 1. The Kier molecular flexibility index (Phi) is 8.36. The van der Waals surface area contributed by atoms with Gasteiger partial charge in [-0.05, 0) is 49.2 Å². The van der Waals surface area contributed by atoms with Crippen LogP contribution >= 0.6 is 27.7 Å². The molecular formula is C24H27BrN4O2S. The lowest BCUT2D eigenvalue weighted by molar-refractivity contribution is -0.126. The van der Waals surface area contributed by atoms with E-state index in [-0.39, 0.29) is 11.8 Å². The Hall–Kier alpha value is -2.16. The fourth-order valence-corrected chi connectivity index (χ4v) is 4.88. The summed E-state index contributed by atoms with van der Waals surface area (Å²) in [6.07, 6.45) is 1.92. The van der Waals surface area contributed by atoms with E-state index in [0.29, 0.717) is 24.8 Å². The summed E-state index contributed by atoms with van der Waals surface area (Å²) in [5.74, 6) is 3.22. The lowest BCUT2D eigenvalue weighted by Crippen LogP contribution is -2.43. The standard InChI is InChI=1S/C24H27BrN4O2S/c25-21-10-8-19(9-11-21)23-27-22(31-28-23)16-29-13-4-7-20(15-29)24(30)26-12-14-32-17-18-5-2-1-3-6-18/h1-3,5-6,8-11,20H,4,7,12-17H2,(H,26,30). The lowest BCUT2D eigenvalue weighted by Gasteiger charge is -2.30. The Morgan fingerprint density at radius 3 is 2.81 bits per heavy atom. The summed E-state index contributed by atoms with van der Waals surface area (Å²) in [6.45, 7) is 2.93. The van der Waals surface area contributed by atoms with Crippen molar-refractivity contribution >= 4 is 33.6 Å². The third-order valence-corrected chi connectivity index (χ3v) is 7.02. The number of likely N-dealkylation sites (tertiary alicyclic amines) is 1. The predicted octanol–water partition coefficient (Wildman–Crippen LogP) is 4.76. The number of carbonyl (C=O) groups excluding carboxylic acids is 1. The van der Waals surface area contributed by atoms with Crippen LogP contribution in [-0.4, -0.2) is 46.3 Å². The number of carbonyl (C=O) groups is 1. The van der Waals surface area contributed by atoms with Crippen LogP contribution in [0.25, 0.3) is 11.4 Å². The highest BCUT2D eigenvalue weighted by molar-refractivity contribution is 9.10. The number of benzene rings is 2. The molecule has 168 valence electrons. The summed E-state index contributed by atoms with van der Waals surface area (Å²) in [4.78, 5) is 19.4. The summed E-state index contributed by atoms with van der Waals surface area (Å²) in [5.41, 5.74) is 2.24. The molecule has 1 atom stereocenters. The second kappa shape index (κ2) is 11.6. The second-order valence-electron chi connectivity index (χ2n) is 7.92. The molecule has 0 saturated carbocycles. The predicted molar refractivity (Wildman–Crippen MR) is 131 cm³/mol. The zero-order chi connectivity index (χ0) is 22.2. The van der Waals surface area contributed by atoms with Crippen LogP contribution in [0.5, 0.6) is 0 Å². The Labute approximate surface area is 201 Å². The van der Waals surface area contributed by atoms with E-state index in [4.69, 9.17) is 4.52 Å². The van der Waals surface area contributed by atoms with Crippen LogP contribution in [0.3, 0.4) is 0 Å². The maximum absolute atomic E-state index is 12.6. The molecule has 2 heterocycles. The van der Waals surface area contributed by atoms with Crippen molar-refractivity contribution in [2.24, 2.45) is 5.92 Å². The van der Waals surface area contributed by atoms with Crippen molar-refractivity contribution in [1.29, 1.82) is 0 Å². The van der Waals surface area contributed by atoms with Crippen molar-refractivity contribution in [3.8, 4) is 11.4 Å². The first-order valence-electron chi connectivity index (χ1n) is 10.9. The van der Waals surface area contributed by atoms with Crippen LogP contribution in [0.15, 0.2) is 63.6 Å². The van der Waals surface area contributed by atoms with E-state index in [0.717, 1.165) is 47.5 Å². The molecule has 2 aromatic carbocycles. The van der Waals surface area contributed by atoms with Crippen LogP contribution in [0.4, 0.5) is 0 Å². The number of thioether (sulfide) groups is 1. The van der Waals surface area contributed by atoms with E-state index in [2.05, 4.69) is 60.6 Å². The minimum absolute atomic E-state index is 0.0109. The van der Waals surface area contributed by atoms with Gasteiger partial charge in [-0.25, -0.2) is 0 Å². The molecule has 1 N–H and O–H groups in total. The summed E-state index contributed by atoms with van der Waals surface area (Å²) >= 11 is 5.28. The number of amides is 1. The number of aromatic nitrogens is 2. The Morgan fingerprint density at radius 2 is 2.00 bits per heavy atom. The molecule has 0 aliphatic carbocycles. The van der Waals surface area contributed by atoms with Crippen molar-refractivity contribution in [2.45, 2.75) is 25.1 Å². The fraction of sp³-hybridized carbons (Fsp3) is 0.375. The summed E-state index contributed by atoms with van der Waals surface area (Å²) < 4.78 is 6.47. The van der Waals surface area contributed by atoms with Gasteiger partial charge in [-0.2, -0.15) is 16.7 Å². The molecule has 3 aromatic rings. The molecule has 1 fully saturated rings. The summed E-state index contributed by atoms with van der Waals surface area (Å²) in [7, 11) is 0. The number of rotatable bonds is 9. The van der Waals surface area contributed by atoms with Crippen LogP contribution < -0.4 is 5.32 Å². The molecule has 0 spiro atoms. The smallest absolute Gasteiger partial charge is 0.241 e. The molecule has 1 unspecified atom stereocenters. The minimum atomic E-state index is 0.0109. The van der Waals surface area contributed by atoms with E-state index in [1.807, 2.05) is 42.1 Å². The molecule has 1 aliphatic rings. The molecule has 32 heavy (non-hydrogen) atoms. The summed E-state index contributed by atoms with van der Waals surface area (Å²) in [6, 6.07) is 18.2. The quantitative estimate of drug-likeness (QED) is 0.415. The zero-order valence-corrected chi connectivity index (χ0v) is 20.3. The van der Waals surface area contributed by atoms with Gasteiger partial charge in [0.2, 0.25) is 17.6 Å². The molecule has 8 heteroatoms. The van der Waals surface area contributed by atoms with Gasteiger partial charge in [0.05, 0.1) is 12.5 Å². The largest absolute Gasteiger partial charge is 0.355 e. The molecule has 1 amide bonds. The van der Waals surface area contributed by atoms with Crippen LogP contribution in [0.2, 0.25) is 0 Å². The minimum Gasteiger partial charge on any atom is -0.355 e. The maximum atomic E-state index is 12.6. The van der Waals surface area contributed by atoms with Crippen molar-refractivity contribution in [3.05, 3.63) is 70.5 Å². The maximum Gasteiger partial charge on any atom is 0.241 e. The van der Waals surface area contributed by atoms with E-state index in [1.165, 1.54) is 5.56 Å². The van der Waals surface area contributed by atoms with Gasteiger partial charge >= 0.3 is 0 Å². The van der Waals surface area contributed by atoms with Gasteiger partial charge < -0.3 is 9.84 Å². The highest BCUT2D eigenvalue weighted by Gasteiger charge is 2.26. The third-order valence-electron chi connectivity index (χ3n) is 5.46. The molecule has 0 bridgehead atoms. The van der Waals surface area contributed by atoms with Crippen LogP contribution in [0.1, 0.15) is 24.3 Å². The van der Waals surface area contributed by atoms with Gasteiger partial charge in [0.15, 0.2) is 0 Å². The van der Waals surface area contributed by atoms with Crippen molar-refractivity contribution in [1.82, 2.24) is 20.4 Å². The molecule has 1 aromatic heterocycles. The highest BCUT2D eigenvalue weighted by Crippen LogP contribution is 2.22. The van der Waals surface area contributed by atoms with E-state index < -0.39 is 0 Å². The normalized spacial score (nSPS) is 16.7. The van der Waals surface area contributed by atoms with E-state index in [9.17, 15) is 4.79 Å². The molecule has 6 nitrogen and oxygen atoms in total. The lowest BCUT2D eigenvalue weighted by atomic mass is 9.97. The number of nitrogens with one attached hydrogen (secondary N) is 1. The topological polar surface area (TPSA) is 71.3 Å². The first-order valence-corrected chi connectivity index (χ1v) is 12.8. The van der Waals surface area contributed by atoms with Gasteiger partial charge in [0.25, 0.3) is 0 Å². The summed E-state index contributed by atoms with van der Waals surface area (Å²) in [5, 5.41) is 7.22. The monoisotopic (exact) mass is 514 g/mol. The van der Waals surface area contributed by atoms with Gasteiger partial charge in [-0.3, -0.25) is 9.69 Å². The molecule has 1 saturated heterocycles. The Bertz CT molecular complexity index is 997. The molecule has 0 radical (unpaired) electrons. The van der Waals surface area contributed by atoms with E-state index >= 15 is 0 Å². The third kappa shape index (κ3) is 6.67. The SMILES string of the molecule is O=C(NCCSCc1ccccc1)C1CCCN(Cc2nc(-c3ccc(Br)cc3)no2)C1. The fourth-order valence-electron chi connectivity index (χ4n) is 3.79. The number of piperidine rings is 1. The highest BCUT2D eigenvalue weighted by atomic mass is 79.9. The van der Waals surface area contributed by atoms with Gasteiger partial charge in [0, 0.05) is 34.6 Å². The van der Waals surface area contributed by atoms with Crippen molar-refractivity contribution < 1.29 is 9.32 Å². The van der Waals surface area contributed by atoms with Crippen LogP contribution in [-0.2, 0) is 17.1 Å². The number of hydrogen-bond acceptors (Lipinski definition) is 6. The van der Waals surface area contributed by atoms with Gasteiger partial charge in [-0.15, -0.1) is 0 Å². The number of nitrogens with zero attached hydrogens (tertiary/aromatic N) is 3. The first kappa shape index (κ1) is 23.0.